The molecule has 3 rings (SSSR count). The summed E-state index contributed by atoms with van der Waals surface area (Å²) >= 11 is 7.54. The van der Waals surface area contributed by atoms with Gasteiger partial charge in [-0.15, -0.1) is 11.3 Å². The monoisotopic (exact) mass is 277 g/mol. The molecule has 0 aliphatic heterocycles. The fourth-order valence-corrected chi connectivity index (χ4v) is 2.98. The van der Waals surface area contributed by atoms with Gasteiger partial charge in [0.1, 0.15) is 11.5 Å². The zero-order chi connectivity index (χ0) is 12.4. The van der Waals surface area contributed by atoms with Crippen LogP contribution in [-0.4, -0.2) is 15.9 Å². The van der Waals surface area contributed by atoms with Gasteiger partial charge < -0.3 is 5.32 Å². The van der Waals surface area contributed by atoms with Crippen LogP contribution in [0, 0.1) is 0 Å². The average molecular weight is 278 g/mol. The molecule has 0 aliphatic carbocycles. The summed E-state index contributed by atoms with van der Waals surface area (Å²) in [7, 11) is 0. The summed E-state index contributed by atoms with van der Waals surface area (Å²) in [5.41, 5.74) is 0.958. The zero-order valence-electron chi connectivity index (χ0n) is 9.64. The lowest BCUT2D eigenvalue weighted by Gasteiger charge is -2.07. The third-order valence-corrected chi connectivity index (χ3v) is 4.03. The van der Waals surface area contributed by atoms with Crippen molar-refractivity contribution in [2.75, 3.05) is 11.9 Å². The number of aromatic nitrogens is 2. The Kier molecular flexibility index (Phi) is 3.21. The van der Waals surface area contributed by atoms with Gasteiger partial charge in [-0.2, -0.15) is 0 Å². The predicted octanol–water partition coefficient (Wildman–Crippen LogP) is 3.70. The fourth-order valence-electron chi connectivity index (χ4n) is 1.89. The van der Waals surface area contributed by atoms with E-state index in [1.807, 2.05) is 28.8 Å². The quantitative estimate of drug-likeness (QED) is 0.788. The van der Waals surface area contributed by atoms with Crippen molar-refractivity contribution in [1.82, 2.24) is 9.38 Å². The van der Waals surface area contributed by atoms with Gasteiger partial charge in [0.25, 0.3) is 0 Å². The summed E-state index contributed by atoms with van der Waals surface area (Å²) in [4.78, 5) is 5.55. The number of pyridine rings is 1. The van der Waals surface area contributed by atoms with Crippen molar-refractivity contribution in [2.24, 2.45) is 0 Å². The number of hydrogen-bond donors (Lipinski definition) is 1. The van der Waals surface area contributed by atoms with Crippen LogP contribution >= 0.6 is 22.9 Å². The molecule has 0 saturated heterocycles. The Morgan fingerprint density at radius 2 is 2.22 bits per heavy atom. The van der Waals surface area contributed by atoms with E-state index in [1.165, 1.54) is 4.88 Å². The summed E-state index contributed by atoms with van der Waals surface area (Å²) in [6.07, 6.45) is 4.74. The molecule has 0 saturated carbocycles. The number of imidazole rings is 1. The smallest absolute Gasteiger partial charge is 0.138 e. The zero-order valence-corrected chi connectivity index (χ0v) is 11.2. The molecule has 0 radical (unpaired) electrons. The number of anilines is 1. The molecule has 0 amide bonds. The Morgan fingerprint density at radius 1 is 1.28 bits per heavy atom. The first kappa shape index (κ1) is 11.6. The fraction of sp³-hybridized carbons (Fsp3) is 0.154. The first-order chi connectivity index (χ1) is 8.83. The van der Waals surface area contributed by atoms with Gasteiger partial charge in [-0.25, -0.2) is 4.98 Å². The minimum Gasteiger partial charge on any atom is -0.371 e. The Hall–Kier alpha value is -1.52. The first-order valence-electron chi connectivity index (χ1n) is 5.73. The molecule has 0 aromatic carbocycles. The molecular weight excluding hydrogens is 266 g/mol. The van der Waals surface area contributed by atoms with Crippen LogP contribution in [0.1, 0.15) is 4.88 Å². The summed E-state index contributed by atoms with van der Waals surface area (Å²) < 4.78 is 2.89. The molecule has 92 valence electrons. The van der Waals surface area contributed by atoms with Crippen LogP contribution in [0.25, 0.3) is 5.65 Å². The van der Waals surface area contributed by atoms with Gasteiger partial charge in [-0.3, -0.25) is 4.40 Å². The lowest BCUT2D eigenvalue weighted by atomic mass is 10.3. The number of halogens is 1. The second-order valence-corrected chi connectivity index (χ2v) is 5.75. The number of rotatable bonds is 4. The lowest BCUT2D eigenvalue weighted by molar-refractivity contribution is 1.01. The van der Waals surface area contributed by atoms with Crippen LogP contribution in [0.2, 0.25) is 4.34 Å². The molecule has 3 aromatic rings. The number of nitrogens with zero attached hydrogens (tertiary/aromatic N) is 2. The third kappa shape index (κ3) is 2.35. The van der Waals surface area contributed by atoms with Crippen molar-refractivity contribution in [1.29, 1.82) is 0 Å². The number of thiophene rings is 1. The number of fused-ring (bicyclic) bond motifs is 1. The molecule has 0 fully saturated rings. The van der Waals surface area contributed by atoms with Gasteiger partial charge in [0.05, 0.1) is 4.34 Å². The van der Waals surface area contributed by atoms with Crippen LogP contribution in [0.4, 0.5) is 5.82 Å². The van der Waals surface area contributed by atoms with Crippen LogP contribution in [0.5, 0.6) is 0 Å². The van der Waals surface area contributed by atoms with E-state index in [0.29, 0.717) is 0 Å². The highest BCUT2D eigenvalue weighted by Crippen LogP contribution is 2.21. The normalized spacial score (nSPS) is 10.9. The van der Waals surface area contributed by atoms with Gasteiger partial charge in [0, 0.05) is 23.8 Å². The predicted molar refractivity (Wildman–Crippen MR) is 76.7 cm³/mol. The molecule has 0 unspecified atom stereocenters. The number of nitrogens with one attached hydrogen (secondary N) is 1. The SMILES string of the molecule is Clc1ccc(CCNc2cccc3nccn23)s1. The van der Waals surface area contributed by atoms with E-state index in [9.17, 15) is 0 Å². The Morgan fingerprint density at radius 3 is 3.06 bits per heavy atom. The van der Waals surface area contributed by atoms with E-state index in [4.69, 9.17) is 11.6 Å². The molecule has 5 heteroatoms. The molecular formula is C13H12ClN3S. The molecule has 3 nitrogen and oxygen atoms in total. The maximum absolute atomic E-state index is 5.91. The van der Waals surface area contributed by atoms with Crippen molar-refractivity contribution in [3.63, 3.8) is 0 Å². The summed E-state index contributed by atoms with van der Waals surface area (Å²) in [6.45, 7) is 0.883. The second kappa shape index (κ2) is 5.00. The lowest BCUT2D eigenvalue weighted by Crippen LogP contribution is -2.07. The summed E-state index contributed by atoms with van der Waals surface area (Å²) in [6, 6.07) is 10.1. The van der Waals surface area contributed by atoms with E-state index in [1.54, 1.807) is 17.5 Å². The highest BCUT2D eigenvalue weighted by molar-refractivity contribution is 7.16. The highest BCUT2D eigenvalue weighted by atomic mass is 35.5. The summed E-state index contributed by atoms with van der Waals surface area (Å²) in [5, 5.41) is 3.42. The van der Waals surface area contributed by atoms with Gasteiger partial charge in [0.2, 0.25) is 0 Å². The first-order valence-corrected chi connectivity index (χ1v) is 6.92. The van der Waals surface area contributed by atoms with E-state index in [-0.39, 0.29) is 0 Å². The van der Waals surface area contributed by atoms with Crippen molar-refractivity contribution in [3.8, 4) is 0 Å². The van der Waals surface area contributed by atoms with Crippen LogP contribution in [0.15, 0.2) is 42.7 Å². The topological polar surface area (TPSA) is 29.3 Å². The van der Waals surface area contributed by atoms with Crippen molar-refractivity contribution in [3.05, 3.63) is 51.9 Å². The van der Waals surface area contributed by atoms with Gasteiger partial charge in [-0.1, -0.05) is 17.7 Å². The molecule has 0 atom stereocenters. The molecule has 3 heterocycles. The largest absolute Gasteiger partial charge is 0.371 e. The molecule has 0 aliphatic rings. The Labute approximate surface area is 114 Å². The van der Waals surface area contributed by atoms with E-state index < -0.39 is 0 Å². The van der Waals surface area contributed by atoms with Gasteiger partial charge >= 0.3 is 0 Å². The van der Waals surface area contributed by atoms with E-state index in [0.717, 1.165) is 28.8 Å². The van der Waals surface area contributed by atoms with Crippen molar-refractivity contribution >= 4 is 34.4 Å². The standard InChI is InChI=1S/C13H12ClN3S/c14-11-5-4-10(18-11)6-7-15-12-2-1-3-13-16-8-9-17(12)13/h1-5,8-9,15H,6-7H2. The average Bonchev–Trinajstić information content (AvgIpc) is 2.98. The van der Waals surface area contributed by atoms with E-state index >= 15 is 0 Å². The van der Waals surface area contributed by atoms with Crippen molar-refractivity contribution in [2.45, 2.75) is 6.42 Å². The minimum atomic E-state index is 0.849. The number of hydrogen-bond acceptors (Lipinski definition) is 3. The molecule has 3 aromatic heterocycles. The van der Waals surface area contributed by atoms with Gasteiger partial charge in [-0.05, 0) is 30.7 Å². The van der Waals surface area contributed by atoms with Crippen LogP contribution < -0.4 is 5.32 Å². The molecule has 18 heavy (non-hydrogen) atoms. The maximum atomic E-state index is 5.91. The van der Waals surface area contributed by atoms with Crippen molar-refractivity contribution < 1.29 is 0 Å². The van der Waals surface area contributed by atoms with Gasteiger partial charge in [0.15, 0.2) is 0 Å². The second-order valence-electron chi connectivity index (χ2n) is 3.95. The van der Waals surface area contributed by atoms with Crippen LogP contribution in [-0.2, 0) is 6.42 Å². The highest BCUT2D eigenvalue weighted by Gasteiger charge is 2.01. The third-order valence-electron chi connectivity index (χ3n) is 2.73. The summed E-state index contributed by atoms with van der Waals surface area (Å²) in [5.74, 6) is 1.06. The maximum Gasteiger partial charge on any atom is 0.138 e. The minimum absolute atomic E-state index is 0.849. The van der Waals surface area contributed by atoms with Crippen LogP contribution in [0.3, 0.4) is 0 Å². The van der Waals surface area contributed by atoms with E-state index in [2.05, 4.69) is 22.4 Å². The molecule has 0 spiro atoms. The molecule has 0 bridgehead atoms. The Balaban J connectivity index is 1.68. The Bertz CT molecular complexity index is 659. The molecule has 1 N–H and O–H groups in total.